The highest BCUT2D eigenvalue weighted by atomic mass is 32.2. The first-order chi connectivity index (χ1) is 17.2. The Morgan fingerprint density at radius 3 is 2.53 bits per heavy atom. The van der Waals surface area contributed by atoms with Gasteiger partial charge in [0.25, 0.3) is 11.6 Å². The zero-order valence-electron chi connectivity index (χ0n) is 20.3. The van der Waals surface area contributed by atoms with E-state index < -0.39 is 11.0 Å². The van der Waals surface area contributed by atoms with Crippen LogP contribution in [0.4, 0.5) is 11.4 Å². The van der Waals surface area contributed by atoms with E-state index in [0.717, 1.165) is 5.56 Å². The summed E-state index contributed by atoms with van der Waals surface area (Å²) in [5.74, 6) is 0.145. The molecule has 0 fully saturated rings. The van der Waals surface area contributed by atoms with Crippen LogP contribution < -0.4 is 10.6 Å². The molecule has 0 aliphatic rings. The van der Waals surface area contributed by atoms with E-state index in [9.17, 15) is 19.7 Å². The number of aryl methyl sites for hydroxylation is 1. The van der Waals surface area contributed by atoms with Crippen molar-refractivity contribution >= 4 is 35.0 Å². The summed E-state index contributed by atoms with van der Waals surface area (Å²) in [7, 11) is 0. The van der Waals surface area contributed by atoms with Gasteiger partial charge in [-0.25, -0.2) is 0 Å². The molecule has 0 radical (unpaired) electrons. The summed E-state index contributed by atoms with van der Waals surface area (Å²) in [6.07, 6.45) is 1.70. The first-order valence-electron chi connectivity index (χ1n) is 11.3. The van der Waals surface area contributed by atoms with Gasteiger partial charge >= 0.3 is 0 Å². The van der Waals surface area contributed by atoms with Gasteiger partial charge < -0.3 is 15.2 Å². The van der Waals surface area contributed by atoms with Gasteiger partial charge in [-0.3, -0.25) is 19.7 Å². The average molecular weight is 509 g/mol. The van der Waals surface area contributed by atoms with Crippen molar-refractivity contribution in [3.63, 3.8) is 0 Å². The number of amides is 2. The fraction of sp³-hybridized carbons (Fsp3) is 0.280. The van der Waals surface area contributed by atoms with Crippen molar-refractivity contribution in [2.24, 2.45) is 5.92 Å². The van der Waals surface area contributed by atoms with E-state index in [1.165, 1.54) is 36.0 Å². The van der Waals surface area contributed by atoms with Crippen LogP contribution in [0.2, 0.25) is 0 Å². The number of anilines is 1. The summed E-state index contributed by atoms with van der Waals surface area (Å²) < 4.78 is 1.83. The van der Waals surface area contributed by atoms with E-state index in [1.807, 2.05) is 43.5 Å². The number of carbonyl (C=O) groups is 2. The van der Waals surface area contributed by atoms with Gasteiger partial charge in [0, 0.05) is 29.9 Å². The lowest BCUT2D eigenvalue weighted by Crippen LogP contribution is -2.34. The predicted octanol–water partition coefficient (Wildman–Crippen LogP) is 4.54. The van der Waals surface area contributed by atoms with Gasteiger partial charge in [-0.2, -0.15) is 0 Å². The van der Waals surface area contributed by atoms with Gasteiger partial charge in [-0.15, -0.1) is 16.8 Å². The Balaban J connectivity index is 1.72. The van der Waals surface area contributed by atoms with E-state index in [1.54, 1.807) is 12.1 Å². The fourth-order valence-electron chi connectivity index (χ4n) is 3.47. The molecule has 36 heavy (non-hydrogen) atoms. The van der Waals surface area contributed by atoms with Crippen LogP contribution in [0.1, 0.15) is 41.6 Å². The summed E-state index contributed by atoms with van der Waals surface area (Å²) in [4.78, 5) is 35.7. The number of allylic oxidation sites excluding steroid dienone is 1. The summed E-state index contributed by atoms with van der Waals surface area (Å²) in [5.41, 5.74) is 1.96. The highest BCUT2D eigenvalue weighted by Crippen LogP contribution is 2.26. The van der Waals surface area contributed by atoms with E-state index >= 15 is 0 Å². The van der Waals surface area contributed by atoms with Gasteiger partial charge in [0.2, 0.25) is 5.91 Å². The van der Waals surface area contributed by atoms with Crippen LogP contribution in [-0.2, 0) is 11.3 Å². The molecule has 11 heteroatoms. The van der Waals surface area contributed by atoms with Crippen LogP contribution in [0.5, 0.6) is 0 Å². The summed E-state index contributed by atoms with van der Waals surface area (Å²) in [5, 5.41) is 25.7. The number of thioether (sulfide) groups is 1. The van der Waals surface area contributed by atoms with Crippen LogP contribution in [0.25, 0.3) is 0 Å². The molecule has 0 spiro atoms. The minimum atomic E-state index is -0.501. The molecular formula is C25H28N6O4S. The highest BCUT2D eigenvalue weighted by Gasteiger charge is 2.26. The number of nitro groups is 1. The first kappa shape index (κ1) is 26.6. The third kappa shape index (κ3) is 6.79. The summed E-state index contributed by atoms with van der Waals surface area (Å²) in [6.45, 7) is 10.1. The molecule has 1 atom stereocenters. The molecule has 10 nitrogen and oxygen atoms in total. The van der Waals surface area contributed by atoms with E-state index in [2.05, 4.69) is 27.4 Å². The van der Waals surface area contributed by atoms with E-state index in [-0.39, 0.29) is 29.2 Å². The van der Waals surface area contributed by atoms with Crippen molar-refractivity contribution in [3.05, 3.63) is 88.3 Å². The Bertz CT molecular complexity index is 1260. The SMILES string of the molecule is C=CCn1c(SCC(=O)Nc2ccc([N+](=O)[O-])cc2)nnc1[C@H](NC(=O)c1cccc(C)c1)C(C)C. The number of aromatic nitrogens is 3. The number of nitrogens with one attached hydrogen (secondary N) is 2. The van der Waals surface area contributed by atoms with Gasteiger partial charge in [-0.05, 0) is 37.1 Å². The van der Waals surface area contributed by atoms with Crippen molar-refractivity contribution in [1.29, 1.82) is 0 Å². The molecular weight excluding hydrogens is 480 g/mol. The van der Waals surface area contributed by atoms with Crippen LogP contribution in [0.15, 0.2) is 66.3 Å². The predicted molar refractivity (Wildman–Crippen MR) is 139 cm³/mol. The number of rotatable bonds is 11. The van der Waals surface area contributed by atoms with Gasteiger partial charge in [0.15, 0.2) is 11.0 Å². The van der Waals surface area contributed by atoms with Crippen LogP contribution in [0, 0.1) is 23.0 Å². The molecule has 0 bridgehead atoms. The third-order valence-corrected chi connectivity index (χ3v) is 6.23. The molecule has 2 amide bonds. The van der Waals surface area contributed by atoms with Gasteiger partial charge in [-0.1, -0.05) is 49.4 Å². The minimum Gasteiger partial charge on any atom is -0.342 e. The second kappa shape index (κ2) is 12.1. The van der Waals surface area contributed by atoms with E-state index in [0.29, 0.717) is 28.8 Å². The Hall–Kier alpha value is -3.99. The monoisotopic (exact) mass is 508 g/mol. The van der Waals surface area contributed by atoms with Crippen LogP contribution in [-0.4, -0.2) is 37.3 Å². The Kier molecular flexibility index (Phi) is 8.96. The molecule has 0 saturated carbocycles. The van der Waals surface area contributed by atoms with Crippen molar-refractivity contribution < 1.29 is 14.5 Å². The van der Waals surface area contributed by atoms with Crippen molar-refractivity contribution in [2.75, 3.05) is 11.1 Å². The molecule has 3 rings (SSSR count). The second-order valence-electron chi connectivity index (χ2n) is 8.45. The quantitative estimate of drug-likeness (QED) is 0.168. The lowest BCUT2D eigenvalue weighted by atomic mass is 10.0. The molecule has 188 valence electrons. The Morgan fingerprint density at radius 1 is 1.19 bits per heavy atom. The molecule has 0 unspecified atom stereocenters. The van der Waals surface area contributed by atoms with Gasteiger partial charge in [0.1, 0.15) is 0 Å². The lowest BCUT2D eigenvalue weighted by Gasteiger charge is -2.22. The highest BCUT2D eigenvalue weighted by molar-refractivity contribution is 7.99. The normalized spacial score (nSPS) is 11.7. The maximum Gasteiger partial charge on any atom is 0.269 e. The number of nitro benzene ring substituents is 1. The number of carbonyl (C=O) groups excluding carboxylic acids is 2. The lowest BCUT2D eigenvalue weighted by molar-refractivity contribution is -0.384. The molecule has 2 N–H and O–H groups in total. The molecule has 1 aromatic heterocycles. The van der Waals surface area contributed by atoms with Crippen molar-refractivity contribution in [2.45, 2.75) is 38.5 Å². The molecule has 0 aliphatic heterocycles. The van der Waals surface area contributed by atoms with Crippen LogP contribution in [0.3, 0.4) is 0 Å². The minimum absolute atomic E-state index is 0.0230. The van der Waals surface area contributed by atoms with Gasteiger partial charge in [0.05, 0.1) is 16.7 Å². The number of benzene rings is 2. The molecule has 3 aromatic rings. The number of nitrogens with zero attached hydrogens (tertiary/aromatic N) is 4. The molecule has 0 saturated heterocycles. The molecule has 2 aromatic carbocycles. The first-order valence-corrected chi connectivity index (χ1v) is 12.3. The van der Waals surface area contributed by atoms with Crippen LogP contribution >= 0.6 is 11.8 Å². The largest absolute Gasteiger partial charge is 0.342 e. The molecule has 1 heterocycles. The molecule has 0 aliphatic carbocycles. The Morgan fingerprint density at radius 2 is 1.92 bits per heavy atom. The zero-order valence-corrected chi connectivity index (χ0v) is 21.1. The van der Waals surface area contributed by atoms with Crippen molar-refractivity contribution in [3.8, 4) is 0 Å². The average Bonchev–Trinajstić information content (AvgIpc) is 3.23. The summed E-state index contributed by atoms with van der Waals surface area (Å²) in [6, 6.07) is 12.6. The maximum atomic E-state index is 12.9. The number of hydrogen-bond donors (Lipinski definition) is 2. The standard InChI is InChI=1S/C25H28N6O4S/c1-5-13-30-23(22(16(2)3)27-24(33)18-8-6-7-17(4)14-18)28-29-25(30)36-15-21(32)26-19-9-11-20(12-10-19)31(34)35/h5-12,14,16,22H,1,13,15H2,2-4H3,(H,26,32)(H,27,33)/t22-/m1/s1. The maximum absolute atomic E-state index is 12.9. The Labute approximate surface area is 213 Å². The van der Waals surface area contributed by atoms with Crippen molar-refractivity contribution in [1.82, 2.24) is 20.1 Å². The fourth-order valence-corrected chi connectivity index (χ4v) is 4.23. The number of hydrogen-bond acceptors (Lipinski definition) is 7. The third-order valence-electron chi connectivity index (χ3n) is 5.26. The topological polar surface area (TPSA) is 132 Å². The zero-order chi connectivity index (χ0) is 26.2. The second-order valence-corrected chi connectivity index (χ2v) is 9.39. The smallest absolute Gasteiger partial charge is 0.269 e. The van der Waals surface area contributed by atoms with E-state index in [4.69, 9.17) is 0 Å². The summed E-state index contributed by atoms with van der Waals surface area (Å²) >= 11 is 1.20. The number of non-ortho nitro benzene ring substituents is 1.